The quantitative estimate of drug-likeness (QED) is 0.494. The number of carbonyl (C=O) groups excluding carboxylic acids is 1. The number of amides is 1. The lowest BCUT2D eigenvalue weighted by Gasteiger charge is -2.06. The Hall–Kier alpha value is -0.610. The summed E-state index contributed by atoms with van der Waals surface area (Å²) in [7, 11) is 0. The number of nitrogens with one attached hydrogen (secondary N) is 1. The molecule has 0 aliphatic rings. The van der Waals surface area contributed by atoms with Crippen LogP contribution in [0.1, 0.15) is 19.8 Å². The molecule has 1 amide bonds. The van der Waals surface area contributed by atoms with Gasteiger partial charge in [-0.05, 0) is 13.3 Å². The third-order valence-corrected chi connectivity index (χ3v) is 1.35. The summed E-state index contributed by atoms with van der Waals surface area (Å²) in [6.07, 6.45) is 0.942. The third-order valence-electron chi connectivity index (χ3n) is 1.35. The number of aliphatic hydroxyl groups is 1. The van der Waals surface area contributed by atoms with Crippen LogP contribution in [0, 0.1) is 0 Å². The number of hydrogen-bond donors (Lipinski definition) is 3. The van der Waals surface area contributed by atoms with Crippen LogP contribution in [0.2, 0.25) is 0 Å². The molecule has 66 valence electrons. The van der Waals surface area contributed by atoms with Gasteiger partial charge >= 0.3 is 0 Å². The lowest BCUT2D eigenvalue weighted by Crippen LogP contribution is -2.28. The highest BCUT2D eigenvalue weighted by Crippen LogP contribution is 1.92. The fraction of sp³-hybridized carbons (Fsp3) is 0.857. The van der Waals surface area contributed by atoms with E-state index < -0.39 is 0 Å². The van der Waals surface area contributed by atoms with Crippen molar-refractivity contribution in [3.05, 3.63) is 0 Å². The Morgan fingerprint density at radius 2 is 2.36 bits per heavy atom. The van der Waals surface area contributed by atoms with E-state index in [0.29, 0.717) is 19.4 Å². The summed E-state index contributed by atoms with van der Waals surface area (Å²) in [5.74, 6) is -0.00333. The van der Waals surface area contributed by atoms with Gasteiger partial charge in [-0.15, -0.1) is 0 Å². The number of hydrogen-bond acceptors (Lipinski definition) is 3. The Morgan fingerprint density at radius 3 is 2.82 bits per heavy atom. The molecule has 0 bridgehead atoms. The maximum Gasteiger partial charge on any atom is 0.220 e. The lowest BCUT2D eigenvalue weighted by molar-refractivity contribution is -0.121. The molecule has 4 heteroatoms. The SMILES string of the molecule is CCNC(=O)CC[C@H](N)CO. The molecule has 0 radical (unpaired) electrons. The Morgan fingerprint density at radius 1 is 1.73 bits per heavy atom. The van der Waals surface area contributed by atoms with Gasteiger partial charge < -0.3 is 16.2 Å². The maximum absolute atomic E-state index is 10.8. The van der Waals surface area contributed by atoms with E-state index in [2.05, 4.69) is 5.32 Å². The summed E-state index contributed by atoms with van der Waals surface area (Å²) in [4.78, 5) is 10.8. The molecule has 0 aromatic heterocycles. The van der Waals surface area contributed by atoms with Gasteiger partial charge in [-0.3, -0.25) is 4.79 Å². The van der Waals surface area contributed by atoms with Crippen LogP contribution in [0.3, 0.4) is 0 Å². The van der Waals surface area contributed by atoms with E-state index >= 15 is 0 Å². The van der Waals surface area contributed by atoms with E-state index in [1.807, 2.05) is 6.92 Å². The molecule has 4 N–H and O–H groups in total. The van der Waals surface area contributed by atoms with Crippen LogP contribution >= 0.6 is 0 Å². The lowest BCUT2D eigenvalue weighted by atomic mass is 10.2. The van der Waals surface area contributed by atoms with Gasteiger partial charge in [0.15, 0.2) is 0 Å². The van der Waals surface area contributed by atoms with Crippen molar-refractivity contribution in [1.29, 1.82) is 0 Å². The summed E-state index contributed by atoms with van der Waals surface area (Å²) in [6.45, 7) is 2.45. The van der Waals surface area contributed by atoms with E-state index in [4.69, 9.17) is 10.8 Å². The van der Waals surface area contributed by atoms with Crippen molar-refractivity contribution in [2.24, 2.45) is 5.73 Å². The minimum absolute atomic E-state index is 0.00333. The molecule has 0 aromatic rings. The molecule has 0 aliphatic heterocycles. The molecule has 0 unspecified atom stereocenters. The standard InChI is InChI=1S/C7H16N2O2/c1-2-9-7(11)4-3-6(8)5-10/h6,10H,2-5,8H2,1H3,(H,9,11)/t6-/m0/s1. The molecule has 1 atom stereocenters. The summed E-state index contributed by atoms with van der Waals surface area (Å²) >= 11 is 0. The Balaban J connectivity index is 3.30. The van der Waals surface area contributed by atoms with Crippen molar-refractivity contribution in [3.8, 4) is 0 Å². The van der Waals surface area contributed by atoms with E-state index in [1.54, 1.807) is 0 Å². The predicted octanol–water partition coefficient (Wildman–Crippen LogP) is -0.778. The van der Waals surface area contributed by atoms with Crippen molar-refractivity contribution >= 4 is 5.91 Å². The highest BCUT2D eigenvalue weighted by atomic mass is 16.3. The topological polar surface area (TPSA) is 75.4 Å². The predicted molar refractivity (Wildman–Crippen MR) is 43.0 cm³/mol. The van der Waals surface area contributed by atoms with Gasteiger partial charge in [0, 0.05) is 19.0 Å². The highest BCUT2D eigenvalue weighted by molar-refractivity contribution is 5.75. The Bertz CT molecular complexity index is 117. The Kier molecular flexibility index (Phi) is 5.78. The minimum atomic E-state index is -0.266. The van der Waals surface area contributed by atoms with Crippen molar-refractivity contribution in [3.63, 3.8) is 0 Å². The zero-order chi connectivity index (χ0) is 8.69. The summed E-state index contributed by atoms with van der Waals surface area (Å²) in [5.41, 5.74) is 5.39. The molecular weight excluding hydrogens is 144 g/mol. The number of aliphatic hydroxyl groups excluding tert-OH is 1. The number of nitrogens with two attached hydrogens (primary N) is 1. The second-order valence-corrected chi connectivity index (χ2v) is 2.43. The monoisotopic (exact) mass is 160 g/mol. The summed E-state index contributed by atoms with van der Waals surface area (Å²) in [5, 5.41) is 11.2. The van der Waals surface area contributed by atoms with Gasteiger partial charge in [0.05, 0.1) is 6.61 Å². The van der Waals surface area contributed by atoms with Gasteiger partial charge in [-0.2, -0.15) is 0 Å². The molecule has 0 aromatic carbocycles. The zero-order valence-electron chi connectivity index (χ0n) is 6.84. The second-order valence-electron chi connectivity index (χ2n) is 2.43. The molecular formula is C7H16N2O2. The first kappa shape index (κ1) is 10.4. The molecule has 0 fully saturated rings. The smallest absolute Gasteiger partial charge is 0.220 e. The van der Waals surface area contributed by atoms with Crippen LogP contribution in [-0.4, -0.2) is 30.2 Å². The molecule has 4 nitrogen and oxygen atoms in total. The van der Waals surface area contributed by atoms with Crippen molar-refractivity contribution in [2.75, 3.05) is 13.2 Å². The maximum atomic E-state index is 10.8. The molecule has 0 spiro atoms. The van der Waals surface area contributed by atoms with Crippen LogP contribution < -0.4 is 11.1 Å². The number of rotatable bonds is 5. The molecule has 11 heavy (non-hydrogen) atoms. The van der Waals surface area contributed by atoms with Crippen LogP contribution in [-0.2, 0) is 4.79 Å². The average Bonchev–Trinajstić information content (AvgIpc) is 2.01. The molecule has 0 saturated carbocycles. The average molecular weight is 160 g/mol. The molecule has 0 rings (SSSR count). The molecule has 0 aliphatic carbocycles. The zero-order valence-corrected chi connectivity index (χ0v) is 6.84. The van der Waals surface area contributed by atoms with Gasteiger partial charge in [0.1, 0.15) is 0 Å². The second kappa shape index (κ2) is 6.12. The first-order valence-electron chi connectivity index (χ1n) is 3.83. The first-order chi connectivity index (χ1) is 5.20. The summed E-state index contributed by atoms with van der Waals surface area (Å²) < 4.78 is 0. The van der Waals surface area contributed by atoms with E-state index in [0.717, 1.165) is 0 Å². The van der Waals surface area contributed by atoms with Crippen LogP contribution in [0.5, 0.6) is 0 Å². The minimum Gasteiger partial charge on any atom is -0.395 e. The third kappa shape index (κ3) is 5.82. The van der Waals surface area contributed by atoms with Crippen LogP contribution in [0.25, 0.3) is 0 Å². The van der Waals surface area contributed by atoms with Crippen molar-refractivity contribution in [1.82, 2.24) is 5.32 Å². The highest BCUT2D eigenvalue weighted by Gasteiger charge is 2.03. The van der Waals surface area contributed by atoms with Gasteiger partial charge in [-0.1, -0.05) is 0 Å². The Labute approximate surface area is 66.8 Å². The first-order valence-corrected chi connectivity index (χ1v) is 3.83. The van der Waals surface area contributed by atoms with E-state index in [9.17, 15) is 4.79 Å². The largest absolute Gasteiger partial charge is 0.395 e. The number of carbonyl (C=O) groups is 1. The normalized spacial score (nSPS) is 12.6. The van der Waals surface area contributed by atoms with Gasteiger partial charge in [0.25, 0.3) is 0 Å². The van der Waals surface area contributed by atoms with Gasteiger partial charge in [0.2, 0.25) is 5.91 Å². The van der Waals surface area contributed by atoms with E-state index in [1.165, 1.54) is 0 Å². The fourth-order valence-corrected chi connectivity index (χ4v) is 0.693. The van der Waals surface area contributed by atoms with Crippen molar-refractivity contribution in [2.45, 2.75) is 25.8 Å². The summed E-state index contributed by atoms with van der Waals surface area (Å²) in [6, 6.07) is -0.266. The van der Waals surface area contributed by atoms with Crippen molar-refractivity contribution < 1.29 is 9.90 Å². The van der Waals surface area contributed by atoms with Crippen LogP contribution in [0.15, 0.2) is 0 Å². The van der Waals surface area contributed by atoms with Crippen LogP contribution in [0.4, 0.5) is 0 Å². The van der Waals surface area contributed by atoms with Gasteiger partial charge in [-0.25, -0.2) is 0 Å². The van der Waals surface area contributed by atoms with E-state index in [-0.39, 0.29) is 18.6 Å². The molecule has 0 saturated heterocycles. The fourth-order valence-electron chi connectivity index (χ4n) is 0.693. The molecule has 0 heterocycles.